The number of ether oxygens (including phenoxy) is 3. The fourth-order valence-corrected chi connectivity index (χ4v) is 11.1. The van der Waals surface area contributed by atoms with Crippen LogP contribution in [0.5, 0.6) is 5.75 Å². The van der Waals surface area contributed by atoms with Crippen LogP contribution in [-0.4, -0.2) is 156 Å². The monoisotopic (exact) mass is 1370 g/mol. The number of hydrogen-bond donors (Lipinski definition) is 4. The van der Waals surface area contributed by atoms with E-state index in [2.05, 4.69) is 72.3 Å². The average molecular weight is 1370 g/mol. The highest BCUT2D eigenvalue weighted by molar-refractivity contribution is 6.10. The lowest BCUT2D eigenvalue weighted by Crippen LogP contribution is -2.25. The fraction of sp³-hybridized carbons (Fsp3) is 0.466. The van der Waals surface area contributed by atoms with Gasteiger partial charge in [0.1, 0.15) is 40.2 Å². The standard InChI is InChI=1S/C28H33N5O4.C23H32N6O4.C22H29N5O3/c1-18-31-32-27-26(29-16-8-6-7-9-24(34)37-28(2,3)4)30-22-15-12-20(17-23(22)33(18)27)25(35)19-10-13-21(36-5)14-11-19;1-15-26-27-21-20(24-13-9-7-8-10-19(30)33-23(2,3)4)25-17-12-11-16(14-18(17)29(15)21)22(31)28(5)32-6;1-14-25-26-20-19(23-11-7-5-6-8-16(28)13-22(2,3)4)24-17-10-9-15(21(29)30)12-18(17)27(14)20/h10-15,17H,6-9,16H2,1-5H3,(H,29,30);11-12,14H,7-10,13H2,1-6H3,(H,24,25);9-10,12H,5-8,11,13H2,1-4H3,(H,23,24)(H,29,30). The van der Waals surface area contributed by atoms with Gasteiger partial charge in [0.15, 0.2) is 23.2 Å². The van der Waals surface area contributed by atoms with Gasteiger partial charge in [-0.2, -0.15) is 0 Å². The lowest BCUT2D eigenvalue weighted by Gasteiger charge is -2.19. The highest BCUT2D eigenvalue weighted by Crippen LogP contribution is 2.29. The number of fused-ring (bicyclic) bond motifs is 9. The van der Waals surface area contributed by atoms with Crippen molar-refractivity contribution in [3.8, 4) is 5.75 Å². The van der Waals surface area contributed by atoms with Crippen LogP contribution in [0, 0.1) is 26.2 Å². The van der Waals surface area contributed by atoms with Gasteiger partial charge in [-0.3, -0.25) is 42.0 Å². The van der Waals surface area contributed by atoms with Crippen LogP contribution in [0.25, 0.3) is 50.0 Å². The number of carbonyl (C=O) groups is 6. The number of rotatable bonds is 28. The summed E-state index contributed by atoms with van der Waals surface area (Å²) in [4.78, 5) is 91.6. The highest BCUT2D eigenvalue weighted by atomic mass is 16.7. The summed E-state index contributed by atoms with van der Waals surface area (Å²) in [6.07, 6.45) is 9.91. The van der Waals surface area contributed by atoms with Crippen molar-refractivity contribution in [1.82, 2.24) is 63.8 Å². The molecule has 0 fully saturated rings. The minimum absolute atomic E-state index is 0.0490. The van der Waals surface area contributed by atoms with E-state index in [4.69, 9.17) is 29.0 Å². The summed E-state index contributed by atoms with van der Waals surface area (Å²) >= 11 is 0. The largest absolute Gasteiger partial charge is 0.497 e. The molecule has 4 N–H and O–H groups in total. The Hall–Kier alpha value is -10.3. The van der Waals surface area contributed by atoms with Crippen LogP contribution in [0.3, 0.4) is 0 Å². The Balaban J connectivity index is 0.000000192. The van der Waals surface area contributed by atoms with Crippen molar-refractivity contribution < 1.29 is 52.9 Å². The number of carboxylic acids is 1. The second kappa shape index (κ2) is 33.5. The van der Waals surface area contributed by atoms with Gasteiger partial charge in [-0.05, 0) is 185 Å². The summed E-state index contributed by atoms with van der Waals surface area (Å²) in [6, 6.07) is 22.6. The molecule has 6 aromatic heterocycles. The molecular weight excluding hydrogens is 1280 g/mol. The first-order chi connectivity index (χ1) is 47.4. The number of carboxylic acid groups (broad SMARTS) is 1. The van der Waals surface area contributed by atoms with Gasteiger partial charge < -0.3 is 35.3 Å². The number of ketones is 2. The van der Waals surface area contributed by atoms with E-state index in [1.807, 2.05) is 87.6 Å². The molecule has 27 nitrogen and oxygen atoms in total. The van der Waals surface area contributed by atoms with Crippen molar-refractivity contribution in [2.45, 2.75) is 178 Å². The Morgan fingerprint density at radius 1 is 0.470 bits per heavy atom. The van der Waals surface area contributed by atoms with E-state index in [-0.39, 0.29) is 34.6 Å². The summed E-state index contributed by atoms with van der Waals surface area (Å²) < 4.78 is 21.5. The number of methoxy groups -OCH3 is 1. The van der Waals surface area contributed by atoms with Gasteiger partial charge in [-0.15, -0.1) is 30.6 Å². The molecule has 10 aromatic rings. The molecule has 532 valence electrons. The number of hydroxylamine groups is 2. The van der Waals surface area contributed by atoms with Crippen molar-refractivity contribution in [3.63, 3.8) is 0 Å². The van der Waals surface area contributed by atoms with Gasteiger partial charge in [0.05, 0.1) is 52.9 Å². The van der Waals surface area contributed by atoms with Crippen molar-refractivity contribution in [1.29, 1.82) is 0 Å². The number of anilines is 3. The second-order valence-corrected chi connectivity index (χ2v) is 27.7. The van der Waals surface area contributed by atoms with E-state index < -0.39 is 17.2 Å². The van der Waals surface area contributed by atoms with Gasteiger partial charge in [-0.25, -0.2) is 24.8 Å². The van der Waals surface area contributed by atoms with Crippen LogP contribution in [0.15, 0.2) is 78.9 Å². The Morgan fingerprint density at radius 3 is 1.22 bits per heavy atom. The van der Waals surface area contributed by atoms with E-state index in [1.54, 1.807) is 80.9 Å². The number of aromatic carboxylic acids is 1. The number of nitrogens with one attached hydrogen (secondary N) is 3. The Bertz CT molecular complexity index is 4560. The smallest absolute Gasteiger partial charge is 0.335 e. The predicted molar refractivity (Wildman–Crippen MR) is 383 cm³/mol. The summed E-state index contributed by atoms with van der Waals surface area (Å²) in [5.74, 6) is 3.32. The minimum atomic E-state index is -0.987. The first-order valence-corrected chi connectivity index (χ1v) is 33.8. The molecule has 4 aromatic carbocycles. The number of aromatic nitrogens is 12. The van der Waals surface area contributed by atoms with Crippen molar-refractivity contribution in [2.75, 3.05) is 56.9 Å². The topological polar surface area (TPSA) is 328 Å². The molecule has 0 bridgehead atoms. The molecule has 27 heteroatoms. The number of unbranched alkanes of at least 4 members (excludes halogenated alkanes) is 6. The molecule has 1 amide bonds. The molecule has 0 radical (unpaired) electrons. The molecule has 0 saturated carbocycles. The molecule has 0 spiro atoms. The first-order valence-electron chi connectivity index (χ1n) is 33.8. The highest BCUT2D eigenvalue weighted by Gasteiger charge is 2.23. The van der Waals surface area contributed by atoms with Gasteiger partial charge in [-0.1, -0.05) is 40.0 Å². The number of Topliss-reactive ketones (excluding diaryl/α,β-unsaturated/α-hetero) is 1. The maximum atomic E-state index is 13.1. The first kappa shape index (κ1) is 75.5. The van der Waals surface area contributed by atoms with Crippen molar-refractivity contribution in [2.24, 2.45) is 5.41 Å². The number of aryl methyl sites for hydroxylation is 3. The summed E-state index contributed by atoms with van der Waals surface area (Å²) in [5.41, 5.74) is 7.02. The zero-order chi connectivity index (χ0) is 72.6. The molecule has 0 aliphatic heterocycles. The zero-order valence-corrected chi connectivity index (χ0v) is 60.2. The minimum Gasteiger partial charge on any atom is -0.497 e. The molecule has 100 heavy (non-hydrogen) atoms. The maximum absolute atomic E-state index is 13.1. The quantitative estimate of drug-likeness (QED) is 0.0153. The van der Waals surface area contributed by atoms with Crippen LogP contribution in [0.4, 0.5) is 17.5 Å². The van der Waals surface area contributed by atoms with E-state index in [9.17, 15) is 33.9 Å². The van der Waals surface area contributed by atoms with Crippen LogP contribution in [0.2, 0.25) is 0 Å². The van der Waals surface area contributed by atoms with Crippen LogP contribution in [-0.2, 0) is 28.7 Å². The molecule has 0 unspecified atom stereocenters. The zero-order valence-electron chi connectivity index (χ0n) is 60.2. The predicted octanol–water partition coefficient (Wildman–Crippen LogP) is 12.9. The number of nitrogens with zero attached hydrogens (tertiary/aromatic N) is 13. The average Bonchev–Trinajstić information content (AvgIpc) is 1.53. The van der Waals surface area contributed by atoms with E-state index in [0.717, 1.165) is 79.9 Å². The fourth-order valence-electron chi connectivity index (χ4n) is 11.1. The van der Waals surface area contributed by atoms with Gasteiger partial charge in [0, 0.05) is 69.1 Å². The Labute approximate surface area is 581 Å². The molecule has 0 saturated heterocycles. The maximum Gasteiger partial charge on any atom is 0.335 e. The molecule has 6 heterocycles. The Kier molecular flexibility index (Phi) is 25.3. The SMILES string of the molecule is CON(C)C(=O)c1ccc2nc(NCCCCCC(=O)OC(C)(C)C)c3nnc(C)n3c2c1.COc1ccc(C(=O)c2ccc3nc(NCCCCCC(=O)OC(C)(C)C)c4nnc(C)n4c3c2)cc1.Cc1nnc2c(NCCCCCC(=O)CC(C)(C)C)nc3ccc(C(=O)O)cc3n12. The molecule has 10 rings (SSSR count). The normalized spacial score (nSPS) is 11.7. The second-order valence-electron chi connectivity index (χ2n) is 27.7. The van der Waals surface area contributed by atoms with E-state index in [0.29, 0.717) is 136 Å². The molecule has 0 aliphatic carbocycles. The summed E-state index contributed by atoms with van der Waals surface area (Å²) in [5, 5.41) is 45.9. The third-order valence-corrected chi connectivity index (χ3v) is 15.8. The summed E-state index contributed by atoms with van der Waals surface area (Å²) in [6.45, 7) is 25.1. The lowest BCUT2D eigenvalue weighted by atomic mass is 9.88. The van der Waals surface area contributed by atoms with Crippen LogP contribution in [0.1, 0.15) is 200 Å². The van der Waals surface area contributed by atoms with Crippen LogP contribution < -0.4 is 20.7 Å². The van der Waals surface area contributed by atoms with E-state index in [1.165, 1.54) is 12.2 Å². The van der Waals surface area contributed by atoms with E-state index >= 15 is 0 Å². The van der Waals surface area contributed by atoms with Crippen molar-refractivity contribution in [3.05, 3.63) is 119 Å². The number of benzene rings is 4. The number of esters is 2. The molecular formula is C73H94N16O11. The third-order valence-electron chi connectivity index (χ3n) is 15.8. The molecule has 0 atom stereocenters. The van der Waals surface area contributed by atoms with Gasteiger partial charge in [0.25, 0.3) is 5.91 Å². The van der Waals surface area contributed by atoms with Gasteiger partial charge in [0.2, 0.25) is 16.9 Å². The number of carbonyl (C=O) groups excluding carboxylic acids is 5. The lowest BCUT2D eigenvalue weighted by molar-refractivity contribution is -0.156. The molecule has 0 aliphatic rings. The number of amides is 1. The number of hydrogen-bond acceptors (Lipinski definition) is 22. The van der Waals surface area contributed by atoms with Crippen molar-refractivity contribution >= 4 is 103 Å². The summed E-state index contributed by atoms with van der Waals surface area (Å²) in [7, 11) is 4.60. The van der Waals surface area contributed by atoms with Gasteiger partial charge >= 0.3 is 17.9 Å². The van der Waals surface area contributed by atoms with Crippen LogP contribution >= 0.6 is 0 Å². The third kappa shape index (κ3) is 20.4. The Morgan fingerprint density at radius 2 is 0.840 bits per heavy atom.